The zero-order valence-electron chi connectivity index (χ0n) is 13.7. The lowest BCUT2D eigenvalue weighted by molar-refractivity contribution is -0.145. The molecule has 1 aromatic carbocycles. The number of hydrogen-bond donors (Lipinski definition) is 2. The van der Waals surface area contributed by atoms with Crippen molar-refractivity contribution in [3.05, 3.63) is 29.8 Å². The van der Waals surface area contributed by atoms with Crippen LogP contribution in [0.3, 0.4) is 0 Å². The molecule has 6 heteroatoms. The molecule has 3 aliphatic rings. The van der Waals surface area contributed by atoms with Gasteiger partial charge < -0.3 is 20.7 Å². The van der Waals surface area contributed by atoms with E-state index >= 15 is 0 Å². The second kappa shape index (κ2) is 5.48. The highest BCUT2D eigenvalue weighted by molar-refractivity contribution is 6.07. The number of nitrogens with one attached hydrogen (secondary N) is 1. The minimum absolute atomic E-state index is 0.0909. The topological polar surface area (TPSA) is 84.7 Å². The van der Waals surface area contributed by atoms with Crippen molar-refractivity contribution >= 4 is 11.8 Å². The van der Waals surface area contributed by atoms with Crippen LogP contribution in [0.2, 0.25) is 0 Å². The van der Waals surface area contributed by atoms with Crippen molar-refractivity contribution in [2.24, 2.45) is 11.1 Å². The van der Waals surface area contributed by atoms with E-state index in [1.165, 1.54) is 5.56 Å². The number of hydrogen-bond acceptors (Lipinski definition) is 4. The molecule has 1 spiro atoms. The number of nitrogens with zero attached hydrogens (tertiary/aromatic N) is 1. The molecule has 2 amide bonds. The molecule has 2 heterocycles. The van der Waals surface area contributed by atoms with Gasteiger partial charge in [0, 0.05) is 44.6 Å². The first-order chi connectivity index (χ1) is 11.5. The second-order valence-corrected chi connectivity index (χ2v) is 7.23. The van der Waals surface area contributed by atoms with Gasteiger partial charge in [0.05, 0.1) is 0 Å². The van der Waals surface area contributed by atoms with Crippen molar-refractivity contribution in [1.82, 2.24) is 10.2 Å². The molecule has 2 aliphatic heterocycles. The molecule has 3 N–H and O–H groups in total. The molecule has 1 saturated carbocycles. The number of fused-ring (bicyclic) bond motifs is 1. The van der Waals surface area contributed by atoms with Gasteiger partial charge in [-0.05, 0) is 18.9 Å². The molecular weight excluding hydrogens is 306 g/mol. The van der Waals surface area contributed by atoms with E-state index in [0.717, 1.165) is 31.7 Å². The number of carbonyl (C=O) groups is 2. The number of para-hydroxylation sites is 1. The van der Waals surface area contributed by atoms with Crippen molar-refractivity contribution in [1.29, 1.82) is 0 Å². The highest BCUT2D eigenvalue weighted by Gasteiger charge is 2.57. The summed E-state index contributed by atoms with van der Waals surface area (Å²) in [5.41, 5.74) is 5.39. The fraction of sp³-hybridized carbons (Fsp3) is 0.556. The number of carbonyl (C=O) groups excluding carboxylic acids is 2. The average molecular weight is 329 g/mol. The third kappa shape index (κ3) is 2.45. The number of amides is 2. The van der Waals surface area contributed by atoms with Crippen LogP contribution in [0.5, 0.6) is 5.75 Å². The third-order valence-electron chi connectivity index (χ3n) is 5.65. The van der Waals surface area contributed by atoms with Crippen LogP contribution >= 0.6 is 0 Å². The molecule has 6 nitrogen and oxygen atoms in total. The average Bonchev–Trinajstić information content (AvgIpc) is 3.39. The van der Waals surface area contributed by atoms with Crippen molar-refractivity contribution in [3.63, 3.8) is 0 Å². The largest absolute Gasteiger partial charge is 0.485 e. The maximum absolute atomic E-state index is 12.6. The Morgan fingerprint density at radius 3 is 2.50 bits per heavy atom. The quantitative estimate of drug-likeness (QED) is 0.786. The molecule has 1 aliphatic carbocycles. The van der Waals surface area contributed by atoms with Gasteiger partial charge in [-0.2, -0.15) is 0 Å². The monoisotopic (exact) mass is 329 g/mol. The van der Waals surface area contributed by atoms with Crippen LogP contribution in [0, 0.1) is 5.41 Å². The molecule has 4 rings (SSSR count). The Balaban J connectivity index is 1.46. The Hall–Kier alpha value is -2.08. The Bertz CT molecular complexity index is 676. The third-order valence-corrected chi connectivity index (χ3v) is 5.65. The van der Waals surface area contributed by atoms with Crippen LogP contribution in [0.1, 0.15) is 31.2 Å². The maximum Gasteiger partial charge on any atom is 0.238 e. The number of nitrogens with two attached hydrogens (primary N) is 1. The van der Waals surface area contributed by atoms with E-state index in [-0.39, 0.29) is 11.5 Å². The summed E-state index contributed by atoms with van der Waals surface area (Å²) in [7, 11) is 0. The van der Waals surface area contributed by atoms with Crippen LogP contribution in [0.25, 0.3) is 0 Å². The van der Waals surface area contributed by atoms with Gasteiger partial charge in [-0.15, -0.1) is 0 Å². The van der Waals surface area contributed by atoms with Crippen LogP contribution < -0.4 is 15.8 Å². The molecule has 1 saturated heterocycles. The van der Waals surface area contributed by atoms with Crippen LogP contribution in [0.15, 0.2) is 24.3 Å². The molecule has 0 atom stereocenters. The zero-order chi connectivity index (χ0) is 16.8. The van der Waals surface area contributed by atoms with Crippen LogP contribution in [0.4, 0.5) is 0 Å². The molecule has 128 valence electrons. The van der Waals surface area contributed by atoms with Gasteiger partial charge in [-0.25, -0.2) is 0 Å². The molecule has 2 fully saturated rings. The first-order valence-electron chi connectivity index (χ1n) is 8.62. The fourth-order valence-corrected chi connectivity index (χ4v) is 3.83. The minimum Gasteiger partial charge on any atom is -0.485 e. The summed E-state index contributed by atoms with van der Waals surface area (Å²) < 4.78 is 6.37. The molecular formula is C18H23N3O3. The van der Waals surface area contributed by atoms with E-state index in [2.05, 4.69) is 11.4 Å². The highest BCUT2D eigenvalue weighted by Crippen LogP contribution is 2.47. The van der Waals surface area contributed by atoms with E-state index in [0.29, 0.717) is 25.9 Å². The minimum atomic E-state index is -0.917. The van der Waals surface area contributed by atoms with Gasteiger partial charge in [0.1, 0.15) is 16.8 Å². The first-order valence-corrected chi connectivity index (χ1v) is 8.62. The SMILES string of the molecule is NC(=O)C1(C(=O)N2CCC3(CC2)CNCc2ccccc2O3)CC1. The van der Waals surface area contributed by atoms with E-state index < -0.39 is 11.3 Å². The number of rotatable bonds is 2. The Labute approximate surface area is 141 Å². The van der Waals surface area contributed by atoms with E-state index in [9.17, 15) is 9.59 Å². The van der Waals surface area contributed by atoms with Gasteiger partial charge in [0.2, 0.25) is 11.8 Å². The summed E-state index contributed by atoms with van der Waals surface area (Å²) >= 11 is 0. The fourth-order valence-electron chi connectivity index (χ4n) is 3.83. The molecule has 0 bridgehead atoms. The standard InChI is InChI=1S/C18H23N3O3/c19-15(22)18(5-6-18)16(23)21-9-7-17(8-10-21)12-20-11-13-3-1-2-4-14(13)24-17/h1-4,20H,5-12H2,(H2,19,22). The number of primary amides is 1. The molecule has 0 unspecified atom stereocenters. The van der Waals surface area contributed by atoms with Gasteiger partial charge in [-0.1, -0.05) is 18.2 Å². The van der Waals surface area contributed by atoms with Gasteiger partial charge in [0.25, 0.3) is 0 Å². The zero-order valence-corrected chi connectivity index (χ0v) is 13.7. The molecule has 0 radical (unpaired) electrons. The number of likely N-dealkylation sites (tertiary alicyclic amines) is 1. The lowest BCUT2D eigenvalue weighted by Crippen LogP contribution is -2.55. The molecule has 24 heavy (non-hydrogen) atoms. The number of benzene rings is 1. The Morgan fingerprint density at radius 1 is 1.12 bits per heavy atom. The van der Waals surface area contributed by atoms with E-state index in [1.54, 1.807) is 4.90 Å². The molecule has 1 aromatic rings. The van der Waals surface area contributed by atoms with Crippen molar-refractivity contribution in [3.8, 4) is 5.75 Å². The second-order valence-electron chi connectivity index (χ2n) is 7.23. The summed E-state index contributed by atoms with van der Waals surface area (Å²) in [4.78, 5) is 26.0. The van der Waals surface area contributed by atoms with E-state index in [4.69, 9.17) is 10.5 Å². The predicted molar refractivity (Wildman–Crippen MR) is 88.2 cm³/mol. The summed E-state index contributed by atoms with van der Waals surface area (Å²) in [5.74, 6) is 0.360. The smallest absolute Gasteiger partial charge is 0.238 e. The molecule has 0 aromatic heterocycles. The Kier molecular flexibility index (Phi) is 3.53. The highest BCUT2D eigenvalue weighted by atomic mass is 16.5. The lowest BCUT2D eigenvalue weighted by atomic mass is 9.89. The van der Waals surface area contributed by atoms with Crippen LogP contribution in [-0.4, -0.2) is 41.9 Å². The summed E-state index contributed by atoms with van der Waals surface area (Å²) in [6, 6.07) is 8.08. The van der Waals surface area contributed by atoms with E-state index in [1.807, 2.05) is 18.2 Å². The Morgan fingerprint density at radius 2 is 1.83 bits per heavy atom. The normalized spacial score (nSPS) is 23.8. The summed E-state index contributed by atoms with van der Waals surface area (Å²) in [6.45, 7) is 2.78. The number of piperidine rings is 1. The van der Waals surface area contributed by atoms with Gasteiger partial charge >= 0.3 is 0 Å². The predicted octanol–water partition coefficient (Wildman–Crippen LogP) is 0.795. The number of ether oxygens (including phenoxy) is 1. The van der Waals surface area contributed by atoms with Crippen molar-refractivity contribution in [2.45, 2.75) is 37.8 Å². The van der Waals surface area contributed by atoms with Gasteiger partial charge in [0.15, 0.2) is 0 Å². The first kappa shape index (κ1) is 15.4. The van der Waals surface area contributed by atoms with Crippen molar-refractivity contribution < 1.29 is 14.3 Å². The van der Waals surface area contributed by atoms with Gasteiger partial charge in [-0.3, -0.25) is 9.59 Å². The maximum atomic E-state index is 12.6. The van der Waals surface area contributed by atoms with Crippen molar-refractivity contribution in [2.75, 3.05) is 19.6 Å². The summed E-state index contributed by atoms with van der Waals surface area (Å²) in [6.07, 6.45) is 2.70. The lowest BCUT2D eigenvalue weighted by Gasteiger charge is -2.42. The summed E-state index contributed by atoms with van der Waals surface area (Å²) in [5, 5.41) is 3.47. The van der Waals surface area contributed by atoms with Crippen LogP contribution in [-0.2, 0) is 16.1 Å².